The number of anilines is 2. The molecule has 0 unspecified atom stereocenters. The lowest BCUT2D eigenvalue weighted by Gasteiger charge is -2.37. The smallest absolute Gasteiger partial charge is 0.278 e. The third-order valence-electron chi connectivity index (χ3n) is 5.78. The molecule has 0 N–H and O–H groups in total. The summed E-state index contributed by atoms with van der Waals surface area (Å²) in [6.45, 7) is 4.12. The van der Waals surface area contributed by atoms with E-state index >= 15 is 0 Å². The van der Waals surface area contributed by atoms with Crippen molar-refractivity contribution in [1.82, 2.24) is 4.90 Å². The summed E-state index contributed by atoms with van der Waals surface area (Å²) in [6.07, 6.45) is 0. The number of hydrogen-bond acceptors (Lipinski definition) is 4. The zero-order valence-corrected chi connectivity index (χ0v) is 17.9. The van der Waals surface area contributed by atoms with E-state index in [0.29, 0.717) is 12.4 Å². The van der Waals surface area contributed by atoms with E-state index < -0.39 is 0 Å². The van der Waals surface area contributed by atoms with E-state index in [1.54, 1.807) is 0 Å². The van der Waals surface area contributed by atoms with Crippen molar-refractivity contribution in [2.45, 2.75) is 0 Å². The van der Waals surface area contributed by atoms with Crippen LogP contribution in [0.15, 0.2) is 83.9 Å². The second-order valence-corrected chi connectivity index (χ2v) is 8.21. The predicted molar refractivity (Wildman–Crippen MR) is 127 cm³/mol. The van der Waals surface area contributed by atoms with Gasteiger partial charge in [-0.25, -0.2) is 4.99 Å². The highest BCUT2D eigenvalue weighted by molar-refractivity contribution is 6.54. The fourth-order valence-corrected chi connectivity index (χ4v) is 4.35. The van der Waals surface area contributed by atoms with Crippen LogP contribution in [-0.2, 0) is 4.79 Å². The first-order valence-electron chi connectivity index (χ1n) is 10.5. The topological polar surface area (TPSA) is 39.2 Å². The lowest BCUT2D eigenvalue weighted by molar-refractivity contribution is -0.112. The third kappa shape index (κ3) is 4.07. The van der Waals surface area contributed by atoms with Crippen molar-refractivity contribution in [2.75, 3.05) is 42.6 Å². The van der Waals surface area contributed by atoms with Gasteiger partial charge in [-0.15, -0.1) is 0 Å². The van der Waals surface area contributed by atoms with Crippen molar-refractivity contribution < 1.29 is 4.79 Å². The van der Waals surface area contributed by atoms with E-state index in [-0.39, 0.29) is 5.91 Å². The van der Waals surface area contributed by atoms with Crippen LogP contribution < -0.4 is 9.80 Å². The first-order chi connectivity index (χ1) is 15.2. The normalized spacial score (nSPS) is 18.0. The summed E-state index contributed by atoms with van der Waals surface area (Å²) in [4.78, 5) is 24.5. The zero-order chi connectivity index (χ0) is 21.2. The Morgan fingerprint density at radius 3 is 2.35 bits per heavy atom. The number of piperazine rings is 1. The van der Waals surface area contributed by atoms with Crippen molar-refractivity contribution in [2.24, 2.45) is 4.99 Å². The van der Waals surface area contributed by atoms with Crippen molar-refractivity contribution >= 4 is 40.3 Å². The zero-order valence-electron chi connectivity index (χ0n) is 17.1. The van der Waals surface area contributed by atoms with Gasteiger partial charge >= 0.3 is 0 Å². The number of para-hydroxylation sites is 2. The maximum absolute atomic E-state index is 13.3. The first kappa shape index (κ1) is 19.8. The molecule has 3 aromatic rings. The molecule has 0 bridgehead atoms. The maximum atomic E-state index is 13.3. The predicted octanol–water partition coefficient (Wildman–Crippen LogP) is 4.59. The highest BCUT2D eigenvalue weighted by Gasteiger charge is 2.35. The van der Waals surface area contributed by atoms with Crippen LogP contribution in [0.5, 0.6) is 0 Å². The van der Waals surface area contributed by atoms with Gasteiger partial charge in [0.2, 0.25) is 0 Å². The minimum Gasteiger partial charge on any atom is -0.369 e. The molecule has 5 rings (SSSR count). The van der Waals surface area contributed by atoms with Crippen LogP contribution in [0.3, 0.4) is 0 Å². The summed E-state index contributed by atoms with van der Waals surface area (Å²) in [5, 5.41) is 0.754. The Kier molecular flexibility index (Phi) is 5.45. The number of hydrogen-bond donors (Lipinski definition) is 0. The van der Waals surface area contributed by atoms with Gasteiger partial charge in [-0.1, -0.05) is 54.1 Å². The van der Waals surface area contributed by atoms with Crippen molar-refractivity contribution in [3.8, 4) is 0 Å². The minimum atomic E-state index is -0.0395. The summed E-state index contributed by atoms with van der Waals surface area (Å²) in [5.74, 6) is -0.0395. The maximum Gasteiger partial charge on any atom is 0.278 e. The first-order valence-corrected chi connectivity index (χ1v) is 10.8. The largest absolute Gasteiger partial charge is 0.369 e. The number of nitrogens with zero attached hydrogens (tertiary/aromatic N) is 4. The summed E-state index contributed by atoms with van der Waals surface area (Å²) in [6, 6.07) is 25.5. The lowest BCUT2D eigenvalue weighted by Crippen LogP contribution is -2.51. The van der Waals surface area contributed by atoms with Gasteiger partial charge in [0.1, 0.15) is 5.71 Å². The standard InChI is InChI=1S/C25H23ClN4O/c26-19-7-6-10-21(17-19)29-15-13-28(14-16-29)18-30-23-12-5-4-11-22(23)24(25(30)31)27-20-8-2-1-3-9-20/h1-12,17H,13-16,18H2. The molecule has 5 nitrogen and oxygen atoms in total. The number of carbonyl (C=O) groups excluding carboxylic acids is 1. The van der Waals surface area contributed by atoms with Crippen molar-refractivity contribution in [1.29, 1.82) is 0 Å². The third-order valence-corrected chi connectivity index (χ3v) is 6.02. The highest BCUT2D eigenvalue weighted by atomic mass is 35.5. The van der Waals surface area contributed by atoms with Gasteiger partial charge in [0.25, 0.3) is 5.91 Å². The van der Waals surface area contributed by atoms with Crippen LogP contribution in [0.25, 0.3) is 0 Å². The molecule has 2 heterocycles. The monoisotopic (exact) mass is 430 g/mol. The number of fused-ring (bicyclic) bond motifs is 1. The molecule has 1 saturated heterocycles. The Hall–Kier alpha value is -3.15. The molecule has 2 aliphatic rings. The number of amides is 1. The van der Waals surface area contributed by atoms with Crippen LogP contribution in [0.2, 0.25) is 5.02 Å². The molecule has 0 atom stereocenters. The molecule has 0 aliphatic carbocycles. The van der Waals surface area contributed by atoms with Crippen LogP contribution in [0.1, 0.15) is 5.56 Å². The van der Waals surface area contributed by atoms with E-state index in [0.717, 1.165) is 53.8 Å². The quantitative estimate of drug-likeness (QED) is 0.607. The Morgan fingerprint density at radius 2 is 1.58 bits per heavy atom. The van der Waals surface area contributed by atoms with Gasteiger partial charge in [0.15, 0.2) is 0 Å². The van der Waals surface area contributed by atoms with Crippen LogP contribution >= 0.6 is 11.6 Å². The molecule has 3 aromatic carbocycles. The summed E-state index contributed by atoms with van der Waals surface area (Å²) >= 11 is 6.15. The number of carbonyl (C=O) groups is 1. The number of aliphatic imine (C=N–C) groups is 1. The van der Waals surface area contributed by atoms with E-state index in [1.807, 2.05) is 77.7 Å². The second-order valence-electron chi connectivity index (χ2n) is 7.77. The second kappa shape index (κ2) is 8.53. The van der Waals surface area contributed by atoms with E-state index in [1.165, 1.54) is 0 Å². The molecule has 6 heteroatoms. The molecule has 1 amide bonds. The van der Waals surface area contributed by atoms with Crippen molar-refractivity contribution in [3.05, 3.63) is 89.4 Å². The Morgan fingerprint density at radius 1 is 0.839 bits per heavy atom. The van der Waals surface area contributed by atoms with Crippen LogP contribution in [0, 0.1) is 0 Å². The highest BCUT2D eigenvalue weighted by Crippen LogP contribution is 2.31. The molecule has 0 aromatic heterocycles. The molecule has 156 valence electrons. The SMILES string of the molecule is O=C1C(=Nc2ccccc2)c2ccccc2N1CN1CCN(c2cccc(Cl)c2)CC1. The van der Waals surface area contributed by atoms with E-state index in [9.17, 15) is 4.79 Å². The summed E-state index contributed by atoms with van der Waals surface area (Å²) < 4.78 is 0. The molecular formula is C25H23ClN4O. The fourth-order valence-electron chi connectivity index (χ4n) is 4.16. The van der Waals surface area contributed by atoms with Gasteiger partial charge in [0, 0.05) is 42.5 Å². The summed E-state index contributed by atoms with van der Waals surface area (Å²) in [5.41, 5.74) is 4.28. The van der Waals surface area contributed by atoms with E-state index in [4.69, 9.17) is 11.6 Å². The molecular weight excluding hydrogens is 408 g/mol. The molecule has 1 fully saturated rings. The van der Waals surface area contributed by atoms with Crippen LogP contribution in [0.4, 0.5) is 17.1 Å². The summed E-state index contributed by atoms with van der Waals surface area (Å²) in [7, 11) is 0. The van der Waals surface area contributed by atoms with Gasteiger partial charge in [-0.05, 0) is 36.4 Å². The minimum absolute atomic E-state index is 0.0395. The fraction of sp³-hybridized carbons (Fsp3) is 0.200. The molecule has 0 saturated carbocycles. The lowest BCUT2D eigenvalue weighted by atomic mass is 10.1. The van der Waals surface area contributed by atoms with Gasteiger partial charge < -0.3 is 4.90 Å². The molecule has 0 spiro atoms. The Balaban J connectivity index is 1.32. The van der Waals surface area contributed by atoms with Gasteiger partial charge in [0.05, 0.1) is 18.0 Å². The Bertz CT molecular complexity index is 1120. The van der Waals surface area contributed by atoms with Gasteiger partial charge in [-0.3, -0.25) is 14.6 Å². The number of rotatable bonds is 4. The molecule has 31 heavy (non-hydrogen) atoms. The van der Waals surface area contributed by atoms with Crippen LogP contribution in [-0.4, -0.2) is 49.4 Å². The van der Waals surface area contributed by atoms with E-state index in [2.05, 4.69) is 20.9 Å². The Labute approximate surface area is 187 Å². The van der Waals surface area contributed by atoms with Gasteiger partial charge in [-0.2, -0.15) is 0 Å². The molecule has 0 radical (unpaired) electrons. The number of benzene rings is 3. The molecule has 2 aliphatic heterocycles. The average molecular weight is 431 g/mol. The van der Waals surface area contributed by atoms with Crippen molar-refractivity contribution in [3.63, 3.8) is 0 Å². The average Bonchev–Trinajstić information content (AvgIpc) is 3.06. The number of halogens is 1.